The number of fused-ring (bicyclic) bond motifs is 1. The van der Waals surface area contributed by atoms with E-state index in [-0.39, 0.29) is 0 Å². The lowest BCUT2D eigenvalue weighted by molar-refractivity contribution is 0.0254. The van der Waals surface area contributed by atoms with Crippen molar-refractivity contribution in [2.24, 2.45) is 0 Å². The number of hydrogen-bond donors (Lipinski definition) is 1. The highest BCUT2D eigenvalue weighted by atomic mass is 16.5. The SMILES string of the molecule is N#Cc1ccnc(N2CCOC3CCCC32)c1N. The number of nitrogen functional groups attached to an aromatic ring is 1. The van der Waals surface area contributed by atoms with Gasteiger partial charge in [0.1, 0.15) is 6.07 Å². The lowest BCUT2D eigenvalue weighted by atomic mass is 10.1. The smallest absolute Gasteiger partial charge is 0.153 e. The number of anilines is 2. The first-order chi connectivity index (χ1) is 8.81. The third-order valence-electron chi connectivity index (χ3n) is 3.84. The van der Waals surface area contributed by atoms with Crippen molar-refractivity contribution in [2.75, 3.05) is 23.8 Å². The van der Waals surface area contributed by atoms with Gasteiger partial charge in [-0.3, -0.25) is 0 Å². The molecule has 2 N–H and O–H groups in total. The molecule has 2 atom stereocenters. The molecular formula is C13H16N4O. The summed E-state index contributed by atoms with van der Waals surface area (Å²) < 4.78 is 5.77. The third kappa shape index (κ3) is 1.70. The summed E-state index contributed by atoms with van der Waals surface area (Å²) in [7, 11) is 0. The predicted molar refractivity (Wildman–Crippen MR) is 68.1 cm³/mol. The van der Waals surface area contributed by atoms with Crippen molar-refractivity contribution in [3.05, 3.63) is 17.8 Å². The number of hydrogen-bond acceptors (Lipinski definition) is 5. The predicted octanol–water partition coefficient (Wildman–Crippen LogP) is 1.29. The molecule has 1 aromatic rings. The minimum absolute atomic E-state index is 0.297. The van der Waals surface area contributed by atoms with Crippen LogP contribution in [0.15, 0.2) is 12.3 Å². The van der Waals surface area contributed by atoms with Crippen LogP contribution in [0.5, 0.6) is 0 Å². The van der Waals surface area contributed by atoms with E-state index in [1.54, 1.807) is 12.3 Å². The Morgan fingerprint density at radius 1 is 1.50 bits per heavy atom. The molecule has 5 heteroatoms. The number of nitrogens with zero attached hydrogens (tertiary/aromatic N) is 3. The molecule has 0 bridgehead atoms. The second-order valence-corrected chi connectivity index (χ2v) is 4.81. The Balaban J connectivity index is 1.97. The molecule has 2 unspecified atom stereocenters. The highest BCUT2D eigenvalue weighted by Gasteiger charge is 2.37. The average Bonchev–Trinajstić information content (AvgIpc) is 2.87. The van der Waals surface area contributed by atoms with Gasteiger partial charge in [0.25, 0.3) is 0 Å². The lowest BCUT2D eigenvalue weighted by Crippen LogP contribution is -2.49. The molecule has 2 aliphatic rings. The minimum atomic E-state index is 0.297. The van der Waals surface area contributed by atoms with Crippen molar-refractivity contribution in [1.29, 1.82) is 5.26 Å². The van der Waals surface area contributed by atoms with Crippen LogP contribution in [0.4, 0.5) is 11.5 Å². The molecule has 1 aliphatic heterocycles. The van der Waals surface area contributed by atoms with Crippen LogP contribution in [-0.4, -0.2) is 30.3 Å². The van der Waals surface area contributed by atoms with E-state index in [2.05, 4.69) is 16.0 Å². The fourth-order valence-electron chi connectivity index (χ4n) is 2.98. The second kappa shape index (κ2) is 4.46. The summed E-state index contributed by atoms with van der Waals surface area (Å²) in [6.07, 6.45) is 5.36. The number of nitriles is 1. The van der Waals surface area contributed by atoms with E-state index < -0.39 is 0 Å². The highest BCUT2D eigenvalue weighted by molar-refractivity contribution is 5.70. The van der Waals surface area contributed by atoms with Crippen LogP contribution < -0.4 is 10.6 Å². The van der Waals surface area contributed by atoms with E-state index in [1.807, 2.05) is 0 Å². The van der Waals surface area contributed by atoms with Gasteiger partial charge >= 0.3 is 0 Å². The van der Waals surface area contributed by atoms with Crippen molar-refractivity contribution in [2.45, 2.75) is 31.4 Å². The number of nitrogens with two attached hydrogens (primary N) is 1. The third-order valence-corrected chi connectivity index (χ3v) is 3.84. The maximum absolute atomic E-state index is 9.03. The molecular weight excluding hydrogens is 228 g/mol. The first-order valence-electron chi connectivity index (χ1n) is 6.34. The van der Waals surface area contributed by atoms with Crippen LogP contribution in [0.3, 0.4) is 0 Å². The Kier molecular flexibility index (Phi) is 2.80. The molecule has 1 aliphatic carbocycles. The molecule has 2 fully saturated rings. The zero-order valence-corrected chi connectivity index (χ0v) is 10.2. The largest absolute Gasteiger partial charge is 0.395 e. The fourth-order valence-corrected chi connectivity index (χ4v) is 2.98. The molecule has 0 radical (unpaired) electrons. The van der Waals surface area contributed by atoms with E-state index in [1.165, 1.54) is 6.42 Å². The molecule has 1 saturated heterocycles. The van der Waals surface area contributed by atoms with Crippen LogP contribution in [0.2, 0.25) is 0 Å². The summed E-state index contributed by atoms with van der Waals surface area (Å²) in [6, 6.07) is 4.13. The standard InChI is InChI=1S/C13H16N4O/c14-8-9-4-5-16-13(12(9)15)17-6-7-18-11-3-1-2-10(11)17/h4-5,10-11H,1-3,6-7,15H2. The first-order valence-corrected chi connectivity index (χ1v) is 6.34. The molecule has 0 amide bonds. The van der Waals surface area contributed by atoms with Crippen molar-refractivity contribution in [3.8, 4) is 6.07 Å². The van der Waals surface area contributed by atoms with Crippen LogP contribution in [-0.2, 0) is 4.74 Å². The van der Waals surface area contributed by atoms with E-state index in [9.17, 15) is 0 Å². The molecule has 0 spiro atoms. The Hall–Kier alpha value is -1.80. The van der Waals surface area contributed by atoms with E-state index >= 15 is 0 Å². The molecule has 94 valence electrons. The summed E-state index contributed by atoms with van der Waals surface area (Å²) in [5.41, 5.74) is 7.03. The normalized spacial score (nSPS) is 26.7. The maximum Gasteiger partial charge on any atom is 0.153 e. The minimum Gasteiger partial charge on any atom is -0.395 e. The van der Waals surface area contributed by atoms with Gasteiger partial charge in [-0.1, -0.05) is 0 Å². The lowest BCUT2D eigenvalue weighted by Gasteiger charge is -2.39. The van der Waals surface area contributed by atoms with Gasteiger partial charge in [0.05, 0.1) is 30.0 Å². The van der Waals surface area contributed by atoms with Gasteiger partial charge in [0.15, 0.2) is 5.82 Å². The zero-order chi connectivity index (χ0) is 12.5. The Morgan fingerprint density at radius 2 is 2.39 bits per heavy atom. The van der Waals surface area contributed by atoms with Gasteiger partial charge in [-0.05, 0) is 25.3 Å². The molecule has 5 nitrogen and oxygen atoms in total. The summed E-state index contributed by atoms with van der Waals surface area (Å²) >= 11 is 0. The quantitative estimate of drug-likeness (QED) is 0.805. The van der Waals surface area contributed by atoms with E-state index in [0.717, 1.165) is 25.2 Å². The number of ether oxygens (including phenoxy) is 1. The summed E-state index contributed by atoms with van der Waals surface area (Å²) in [5, 5.41) is 9.03. The van der Waals surface area contributed by atoms with Gasteiger partial charge in [0, 0.05) is 12.7 Å². The van der Waals surface area contributed by atoms with Gasteiger partial charge < -0.3 is 15.4 Å². The van der Waals surface area contributed by atoms with Crippen LogP contribution in [0, 0.1) is 11.3 Å². The van der Waals surface area contributed by atoms with Gasteiger partial charge in [-0.25, -0.2) is 4.98 Å². The Labute approximate surface area is 106 Å². The molecule has 0 aromatic carbocycles. The van der Waals surface area contributed by atoms with Gasteiger partial charge in [-0.15, -0.1) is 0 Å². The molecule has 1 saturated carbocycles. The van der Waals surface area contributed by atoms with Gasteiger partial charge in [0.2, 0.25) is 0 Å². The van der Waals surface area contributed by atoms with E-state index in [0.29, 0.717) is 30.0 Å². The van der Waals surface area contributed by atoms with Crippen LogP contribution >= 0.6 is 0 Å². The van der Waals surface area contributed by atoms with Crippen molar-refractivity contribution in [3.63, 3.8) is 0 Å². The zero-order valence-electron chi connectivity index (χ0n) is 10.2. The first kappa shape index (κ1) is 11.3. The molecule has 1 aromatic heterocycles. The average molecular weight is 244 g/mol. The summed E-state index contributed by atoms with van der Waals surface area (Å²) in [6.45, 7) is 1.51. The monoisotopic (exact) mass is 244 g/mol. The van der Waals surface area contributed by atoms with Crippen molar-refractivity contribution < 1.29 is 4.74 Å². The van der Waals surface area contributed by atoms with Gasteiger partial charge in [-0.2, -0.15) is 5.26 Å². The summed E-state index contributed by atoms with van der Waals surface area (Å²) in [4.78, 5) is 6.58. The molecule has 2 heterocycles. The topological polar surface area (TPSA) is 75.2 Å². The highest BCUT2D eigenvalue weighted by Crippen LogP contribution is 2.35. The maximum atomic E-state index is 9.03. The number of pyridine rings is 1. The fraction of sp³-hybridized carbons (Fsp3) is 0.538. The van der Waals surface area contributed by atoms with Crippen molar-refractivity contribution >= 4 is 11.5 Å². The number of morpholine rings is 1. The second-order valence-electron chi connectivity index (χ2n) is 4.81. The van der Waals surface area contributed by atoms with Crippen LogP contribution in [0.1, 0.15) is 24.8 Å². The molecule has 3 rings (SSSR count). The summed E-state index contributed by atoms with van der Waals surface area (Å²) in [5.74, 6) is 0.745. The van der Waals surface area contributed by atoms with Crippen molar-refractivity contribution in [1.82, 2.24) is 4.98 Å². The molecule has 18 heavy (non-hydrogen) atoms. The Morgan fingerprint density at radius 3 is 3.22 bits per heavy atom. The van der Waals surface area contributed by atoms with E-state index in [4.69, 9.17) is 15.7 Å². The van der Waals surface area contributed by atoms with Crippen LogP contribution in [0.25, 0.3) is 0 Å². The number of rotatable bonds is 1. The number of aromatic nitrogens is 1. The Bertz CT molecular complexity index is 496.